The van der Waals surface area contributed by atoms with Crippen molar-refractivity contribution >= 4 is 51.0 Å². The van der Waals surface area contributed by atoms with E-state index in [1.807, 2.05) is 57.3 Å². The Morgan fingerprint density at radius 1 is 1.11 bits per heavy atom. The van der Waals surface area contributed by atoms with E-state index >= 15 is 0 Å². The maximum absolute atomic E-state index is 13.2. The Morgan fingerprint density at radius 3 is 2.64 bits per heavy atom. The van der Waals surface area contributed by atoms with E-state index in [-0.39, 0.29) is 29.0 Å². The van der Waals surface area contributed by atoms with E-state index in [9.17, 15) is 9.59 Å². The van der Waals surface area contributed by atoms with Gasteiger partial charge in [0.2, 0.25) is 0 Å². The van der Waals surface area contributed by atoms with Crippen molar-refractivity contribution in [3.8, 4) is 10.6 Å². The van der Waals surface area contributed by atoms with E-state index in [1.165, 1.54) is 17.4 Å². The third-order valence-corrected chi connectivity index (χ3v) is 8.22. The van der Waals surface area contributed by atoms with Crippen LogP contribution in [0.3, 0.4) is 0 Å². The molecular weight excluding hydrogens is 600 g/mol. The number of rotatable bonds is 9. The molecule has 5 rings (SSSR count). The van der Waals surface area contributed by atoms with Crippen LogP contribution in [0.5, 0.6) is 0 Å². The molecule has 4 heterocycles. The number of likely N-dealkylation sites (tertiary alicyclic amines) is 1. The second kappa shape index (κ2) is 14.0. The van der Waals surface area contributed by atoms with Gasteiger partial charge in [-0.2, -0.15) is 0 Å². The number of piperidine rings is 1. The molecule has 1 saturated heterocycles. The van der Waals surface area contributed by atoms with Crippen molar-refractivity contribution in [2.45, 2.75) is 78.1 Å². The maximum atomic E-state index is 13.2. The molecular formula is C32H37ClN6O4S. The summed E-state index contributed by atoms with van der Waals surface area (Å²) in [6.07, 6.45) is 5.65. The zero-order valence-corrected chi connectivity index (χ0v) is 27.0. The number of amides is 2. The Bertz CT molecular complexity index is 1630. The Balaban J connectivity index is 1.23. The van der Waals surface area contributed by atoms with Crippen LogP contribution in [0.25, 0.3) is 20.9 Å². The van der Waals surface area contributed by atoms with Gasteiger partial charge in [0.05, 0.1) is 18.4 Å². The zero-order valence-electron chi connectivity index (χ0n) is 25.4. The molecule has 44 heavy (non-hydrogen) atoms. The van der Waals surface area contributed by atoms with Gasteiger partial charge in [-0.1, -0.05) is 48.4 Å². The van der Waals surface area contributed by atoms with Crippen molar-refractivity contribution in [3.63, 3.8) is 0 Å². The summed E-state index contributed by atoms with van der Waals surface area (Å²) in [5, 5.41) is 3.96. The van der Waals surface area contributed by atoms with E-state index in [2.05, 4.69) is 27.2 Å². The van der Waals surface area contributed by atoms with Gasteiger partial charge in [0, 0.05) is 37.3 Å². The molecule has 0 radical (unpaired) electrons. The number of benzene rings is 1. The first kappa shape index (κ1) is 31.7. The minimum atomic E-state index is -0.508. The van der Waals surface area contributed by atoms with Gasteiger partial charge in [0.25, 0.3) is 5.91 Å². The molecule has 1 N–H and O–H groups in total. The fourth-order valence-corrected chi connectivity index (χ4v) is 5.93. The Kier molecular flexibility index (Phi) is 10.1. The smallest absolute Gasteiger partial charge is 0.410 e. The molecule has 1 aromatic carbocycles. The Labute approximate surface area is 266 Å². The lowest BCUT2D eigenvalue weighted by Gasteiger charge is -2.33. The number of aryl methyl sites for hydroxylation is 1. The average Bonchev–Trinajstić information content (AvgIpc) is 3.42. The quantitative estimate of drug-likeness (QED) is 0.190. The molecule has 0 saturated carbocycles. The molecule has 0 unspecified atom stereocenters. The number of pyridine rings is 1. The van der Waals surface area contributed by atoms with Gasteiger partial charge in [-0.05, 0) is 63.8 Å². The standard InChI is InChI=1S/C32H37ClN6O4S/c1-5-6-11-27-35-24(17-26(33)38-27)28(40)36-23-10-8-7-9-22(23)29-37-25-16-20(18-34-30(25)44-29)19-42-21-12-14-39(15-13-21)31(41)43-32(2,3)4/h7-10,16-18,21H,5-6,11-15,19H2,1-4H3,(H,36,40). The summed E-state index contributed by atoms with van der Waals surface area (Å²) >= 11 is 7.64. The van der Waals surface area contributed by atoms with E-state index in [4.69, 9.17) is 26.1 Å². The molecule has 0 aliphatic carbocycles. The highest BCUT2D eigenvalue weighted by Crippen LogP contribution is 2.34. The molecule has 0 spiro atoms. The summed E-state index contributed by atoms with van der Waals surface area (Å²) in [6.45, 7) is 9.31. The lowest BCUT2D eigenvalue weighted by Crippen LogP contribution is -2.43. The highest BCUT2D eigenvalue weighted by Gasteiger charge is 2.27. The molecule has 4 aromatic rings. The van der Waals surface area contributed by atoms with Crippen LogP contribution in [0, 0.1) is 0 Å². The van der Waals surface area contributed by atoms with Gasteiger partial charge in [-0.15, -0.1) is 0 Å². The number of carbonyl (C=O) groups is 2. The number of thiazole rings is 1. The second-order valence-electron chi connectivity index (χ2n) is 11.8. The predicted molar refractivity (Wildman–Crippen MR) is 172 cm³/mol. The van der Waals surface area contributed by atoms with Crippen LogP contribution < -0.4 is 5.32 Å². The molecule has 1 aliphatic heterocycles. The number of hydrogen-bond donors (Lipinski definition) is 1. The lowest BCUT2D eigenvalue weighted by atomic mass is 10.1. The third kappa shape index (κ3) is 8.28. The zero-order chi connectivity index (χ0) is 31.3. The molecule has 12 heteroatoms. The molecule has 232 valence electrons. The number of nitrogens with zero attached hydrogens (tertiary/aromatic N) is 5. The minimum absolute atomic E-state index is 0.0540. The number of hydrogen-bond acceptors (Lipinski definition) is 9. The second-order valence-corrected chi connectivity index (χ2v) is 13.1. The van der Waals surface area contributed by atoms with Crippen molar-refractivity contribution in [2.75, 3.05) is 18.4 Å². The molecule has 3 aromatic heterocycles. The molecule has 2 amide bonds. The topological polar surface area (TPSA) is 119 Å². The molecule has 0 bridgehead atoms. The van der Waals surface area contributed by atoms with Crippen LogP contribution in [0.1, 0.15) is 75.3 Å². The van der Waals surface area contributed by atoms with Crippen molar-refractivity contribution < 1.29 is 19.1 Å². The SMILES string of the molecule is CCCCc1nc(Cl)cc(C(=O)Nc2ccccc2-c2nc3cc(COC4CCN(C(=O)OC(C)(C)C)CC4)cnc3s2)n1. The number of halogens is 1. The van der Waals surface area contributed by atoms with Crippen molar-refractivity contribution in [2.24, 2.45) is 0 Å². The van der Waals surface area contributed by atoms with Crippen LogP contribution in [0.4, 0.5) is 10.5 Å². The first-order chi connectivity index (χ1) is 21.1. The van der Waals surface area contributed by atoms with Gasteiger partial charge >= 0.3 is 6.09 Å². The number of ether oxygens (including phenoxy) is 2. The van der Waals surface area contributed by atoms with Gasteiger partial charge in [0.1, 0.15) is 37.6 Å². The largest absolute Gasteiger partial charge is 0.444 e. The van der Waals surface area contributed by atoms with Crippen molar-refractivity contribution in [1.82, 2.24) is 24.8 Å². The van der Waals surface area contributed by atoms with Gasteiger partial charge in [-0.3, -0.25) is 4.79 Å². The number of para-hydroxylation sites is 1. The normalized spacial score (nSPS) is 14.2. The molecule has 10 nitrogen and oxygen atoms in total. The highest BCUT2D eigenvalue weighted by atomic mass is 35.5. The number of anilines is 1. The van der Waals surface area contributed by atoms with Crippen molar-refractivity contribution in [3.05, 3.63) is 64.8 Å². The fourth-order valence-electron chi connectivity index (χ4n) is 4.80. The Hall–Kier alpha value is -3.67. The van der Waals surface area contributed by atoms with Crippen LogP contribution in [0.2, 0.25) is 5.15 Å². The van der Waals surface area contributed by atoms with E-state index in [0.29, 0.717) is 37.6 Å². The van der Waals surface area contributed by atoms with E-state index in [0.717, 1.165) is 52.2 Å². The number of carbonyl (C=O) groups excluding carboxylic acids is 2. The average molecular weight is 637 g/mol. The summed E-state index contributed by atoms with van der Waals surface area (Å²) in [7, 11) is 0. The first-order valence-corrected chi connectivity index (χ1v) is 16.1. The van der Waals surface area contributed by atoms with E-state index in [1.54, 1.807) is 4.90 Å². The van der Waals surface area contributed by atoms with Gasteiger partial charge in [0.15, 0.2) is 0 Å². The minimum Gasteiger partial charge on any atom is -0.444 e. The number of aromatic nitrogens is 4. The first-order valence-electron chi connectivity index (χ1n) is 14.9. The number of unbranched alkanes of at least 4 members (excludes halogenated alkanes) is 1. The van der Waals surface area contributed by atoms with E-state index < -0.39 is 5.60 Å². The molecule has 1 aliphatic rings. The highest BCUT2D eigenvalue weighted by molar-refractivity contribution is 7.21. The van der Waals surface area contributed by atoms with Gasteiger partial charge < -0.3 is 19.7 Å². The number of nitrogens with one attached hydrogen (secondary N) is 1. The summed E-state index contributed by atoms with van der Waals surface area (Å²) in [5.74, 6) is 0.191. The lowest BCUT2D eigenvalue weighted by molar-refractivity contribution is -0.0170. The van der Waals surface area contributed by atoms with Crippen LogP contribution in [-0.2, 0) is 22.5 Å². The summed E-state index contributed by atoms with van der Waals surface area (Å²) in [5.41, 5.74) is 2.79. The molecule has 1 fully saturated rings. The Morgan fingerprint density at radius 2 is 1.89 bits per heavy atom. The fraction of sp³-hybridized carbons (Fsp3) is 0.438. The predicted octanol–water partition coefficient (Wildman–Crippen LogP) is 7.31. The summed E-state index contributed by atoms with van der Waals surface area (Å²) < 4.78 is 11.7. The summed E-state index contributed by atoms with van der Waals surface area (Å²) in [6, 6.07) is 11.0. The van der Waals surface area contributed by atoms with Crippen LogP contribution >= 0.6 is 22.9 Å². The van der Waals surface area contributed by atoms with Crippen LogP contribution in [-0.4, -0.2) is 61.6 Å². The molecule has 0 atom stereocenters. The monoisotopic (exact) mass is 636 g/mol. The maximum Gasteiger partial charge on any atom is 0.410 e. The van der Waals surface area contributed by atoms with Crippen LogP contribution in [0.15, 0.2) is 42.6 Å². The number of fused-ring (bicyclic) bond motifs is 1. The third-order valence-electron chi connectivity index (χ3n) is 7.02. The van der Waals surface area contributed by atoms with Gasteiger partial charge in [-0.25, -0.2) is 24.7 Å². The van der Waals surface area contributed by atoms with Crippen molar-refractivity contribution in [1.29, 1.82) is 0 Å². The summed E-state index contributed by atoms with van der Waals surface area (Å²) in [4.78, 5) is 46.2.